The molecule has 4 rings (SSSR count). The molecule has 1 aliphatic rings. The zero-order chi connectivity index (χ0) is 25.8. The first-order valence-corrected chi connectivity index (χ1v) is 12.2. The Labute approximate surface area is 212 Å². The van der Waals surface area contributed by atoms with E-state index in [4.69, 9.17) is 5.10 Å². The summed E-state index contributed by atoms with van der Waals surface area (Å²) in [7, 11) is 0. The number of carbonyl (C=O) groups is 2. The number of amides is 2. The van der Waals surface area contributed by atoms with Crippen molar-refractivity contribution in [3.05, 3.63) is 107 Å². The topological polar surface area (TPSA) is 83.0 Å². The number of aromatic amines is 1. The van der Waals surface area contributed by atoms with Gasteiger partial charge in [-0.05, 0) is 56.2 Å². The van der Waals surface area contributed by atoms with Crippen LogP contribution in [-0.2, 0) is 13.1 Å². The number of aryl methyl sites for hydroxylation is 1. The van der Waals surface area contributed by atoms with E-state index < -0.39 is 0 Å². The molecule has 7 heteroatoms. The number of carbonyl (C=O) groups excluding carboxylic acids is 2. The monoisotopic (exact) mass is 483 g/mol. The van der Waals surface area contributed by atoms with Gasteiger partial charge < -0.3 is 15.2 Å². The van der Waals surface area contributed by atoms with Gasteiger partial charge in [0.1, 0.15) is 5.69 Å². The van der Waals surface area contributed by atoms with Gasteiger partial charge in [-0.25, -0.2) is 0 Å². The van der Waals surface area contributed by atoms with E-state index >= 15 is 0 Å². The minimum absolute atomic E-state index is 0.00487. The SMILES string of the molecule is C=C(/C=C\C(C)=C/C)Cn1nc(C(=O)Nc2cccc(C)c2)c2c1C(C)CN(C(=O)c1ccc[nH]1)C2. The summed E-state index contributed by atoms with van der Waals surface area (Å²) < 4.78 is 1.87. The highest BCUT2D eigenvalue weighted by molar-refractivity contribution is 6.04. The van der Waals surface area contributed by atoms with Gasteiger partial charge in [0.15, 0.2) is 5.69 Å². The van der Waals surface area contributed by atoms with Gasteiger partial charge in [-0.3, -0.25) is 14.3 Å². The number of hydrogen-bond donors (Lipinski definition) is 2. The van der Waals surface area contributed by atoms with E-state index in [2.05, 4.69) is 23.8 Å². The van der Waals surface area contributed by atoms with E-state index in [0.717, 1.165) is 28.0 Å². The number of aromatic nitrogens is 3. The van der Waals surface area contributed by atoms with Crippen molar-refractivity contribution in [2.24, 2.45) is 0 Å². The maximum absolute atomic E-state index is 13.4. The molecule has 0 spiro atoms. The standard InChI is InChI=1S/C29H33N5O2/c1-6-19(2)12-13-21(4)16-34-27-22(5)17-33(29(36)25-11-8-14-30-25)18-24(27)26(32-34)28(35)31-23-10-7-9-20(3)15-23/h6-15,22,30H,4,16-18H2,1-3,5H3,(H,31,35)/b13-12-,19-6-. The summed E-state index contributed by atoms with van der Waals surface area (Å²) in [5.41, 5.74) is 6.40. The Morgan fingerprint density at radius 1 is 1.25 bits per heavy atom. The Kier molecular flexibility index (Phi) is 7.38. The lowest BCUT2D eigenvalue weighted by Gasteiger charge is -2.32. The lowest BCUT2D eigenvalue weighted by atomic mass is 9.95. The number of nitrogens with zero attached hydrogens (tertiary/aromatic N) is 3. The summed E-state index contributed by atoms with van der Waals surface area (Å²) in [6.07, 6.45) is 7.76. The second kappa shape index (κ2) is 10.6. The summed E-state index contributed by atoms with van der Waals surface area (Å²) in [6.45, 7) is 13.6. The van der Waals surface area contributed by atoms with Gasteiger partial charge in [0.2, 0.25) is 0 Å². The third kappa shape index (κ3) is 5.40. The van der Waals surface area contributed by atoms with Crippen LogP contribution < -0.4 is 5.32 Å². The molecule has 7 nitrogen and oxygen atoms in total. The number of nitrogens with one attached hydrogen (secondary N) is 2. The first-order valence-electron chi connectivity index (χ1n) is 12.2. The van der Waals surface area contributed by atoms with Gasteiger partial charge >= 0.3 is 0 Å². The highest BCUT2D eigenvalue weighted by Crippen LogP contribution is 2.32. The van der Waals surface area contributed by atoms with E-state index in [1.165, 1.54) is 0 Å². The zero-order valence-electron chi connectivity index (χ0n) is 21.3. The fourth-order valence-corrected chi connectivity index (χ4v) is 4.49. The first kappa shape index (κ1) is 25.0. The highest BCUT2D eigenvalue weighted by atomic mass is 16.2. The molecule has 0 aliphatic carbocycles. The molecule has 0 radical (unpaired) electrons. The maximum atomic E-state index is 13.4. The van der Waals surface area contributed by atoms with Crippen LogP contribution in [0.5, 0.6) is 0 Å². The fourth-order valence-electron chi connectivity index (χ4n) is 4.49. The molecule has 2 N–H and O–H groups in total. The molecule has 1 atom stereocenters. The molecule has 2 amide bonds. The van der Waals surface area contributed by atoms with E-state index in [1.807, 2.05) is 67.9 Å². The predicted molar refractivity (Wildman–Crippen MR) is 143 cm³/mol. The zero-order valence-corrected chi connectivity index (χ0v) is 21.3. The molecule has 0 bridgehead atoms. The van der Waals surface area contributed by atoms with Crippen LogP contribution in [0.25, 0.3) is 0 Å². The van der Waals surface area contributed by atoms with Crippen molar-refractivity contribution in [2.75, 3.05) is 11.9 Å². The summed E-state index contributed by atoms with van der Waals surface area (Å²) >= 11 is 0. The van der Waals surface area contributed by atoms with E-state index in [9.17, 15) is 9.59 Å². The Morgan fingerprint density at radius 3 is 2.75 bits per heavy atom. The Hall–Kier alpha value is -4.13. The molecule has 0 saturated carbocycles. The van der Waals surface area contributed by atoms with E-state index in [-0.39, 0.29) is 17.7 Å². The maximum Gasteiger partial charge on any atom is 0.276 e. The normalized spacial score (nSPS) is 15.7. The van der Waals surface area contributed by atoms with Crippen LogP contribution in [0.1, 0.15) is 64.5 Å². The number of fused-ring (bicyclic) bond motifs is 1. The minimum Gasteiger partial charge on any atom is -0.357 e. The molecule has 2 aromatic heterocycles. The molecule has 0 saturated heterocycles. The van der Waals surface area contributed by atoms with Gasteiger partial charge in [-0.1, -0.05) is 49.4 Å². The Morgan fingerprint density at radius 2 is 2.06 bits per heavy atom. The van der Waals surface area contributed by atoms with E-state index in [0.29, 0.717) is 36.7 Å². The summed E-state index contributed by atoms with van der Waals surface area (Å²) in [6, 6.07) is 11.2. The number of benzene rings is 1. The third-order valence-corrected chi connectivity index (χ3v) is 6.40. The van der Waals surface area contributed by atoms with Gasteiger partial charge in [0, 0.05) is 35.6 Å². The van der Waals surface area contributed by atoms with Crippen LogP contribution in [0, 0.1) is 6.92 Å². The lowest BCUT2D eigenvalue weighted by molar-refractivity contribution is 0.0711. The predicted octanol–water partition coefficient (Wildman–Crippen LogP) is 5.61. The average Bonchev–Trinajstić information content (AvgIpc) is 3.51. The van der Waals surface area contributed by atoms with Crippen LogP contribution in [0.4, 0.5) is 5.69 Å². The second-order valence-corrected chi connectivity index (χ2v) is 9.39. The van der Waals surface area contributed by atoms with Crippen molar-refractivity contribution in [3.63, 3.8) is 0 Å². The van der Waals surface area contributed by atoms with E-state index in [1.54, 1.807) is 23.2 Å². The van der Waals surface area contributed by atoms with Crippen molar-refractivity contribution in [2.45, 2.75) is 46.7 Å². The minimum atomic E-state index is -0.289. The van der Waals surface area contributed by atoms with Crippen molar-refractivity contribution in [3.8, 4) is 0 Å². The number of anilines is 1. The molecule has 36 heavy (non-hydrogen) atoms. The Balaban J connectivity index is 1.69. The number of rotatable bonds is 7. The molecule has 1 aliphatic heterocycles. The molecule has 3 heterocycles. The first-order chi connectivity index (χ1) is 17.3. The van der Waals surface area contributed by atoms with Crippen LogP contribution in [0.15, 0.2) is 78.5 Å². The molecule has 0 fully saturated rings. The molecular formula is C29H33N5O2. The van der Waals surface area contributed by atoms with Crippen molar-refractivity contribution < 1.29 is 9.59 Å². The average molecular weight is 484 g/mol. The largest absolute Gasteiger partial charge is 0.357 e. The van der Waals surface area contributed by atoms with Crippen molar-refractivity contribution in [1.29, 1.82) is 0 Å². The van der Waals surface area contributed by atoms with Crippen molar-refractivity contribution in [1.82, 2.24) is 19.7 Å². The van der Waals surface area contributed by atoms with Gasteiger partial charge in [-0.2, -0.15) is 5.10 Å². The molecule has 1 unspecified atom stereocenters. The van der Waals surface area contributed by atoms with Crippen LogP contribution >= 0.6 is 0 Å². The van der Waals surface area contributed by atoms with Crippen molar-refractivity contribution >= 4 is 17.5 Å². The number of allylic oxidation sites excluding steroid dienone is 5. The van der Waals surface area contributed by atoms with Gasteiger partial charge in [0.05, 0.1) is 13.1 Å². The molecular weight excluding hydrogens is 450 g/mol. The smallest absolute Gasteiger partial charge is 0.276 e. The third-order valence-electron chi connectivity index (χ3n) is 6.40. The van der Waals surface area contributed by atoms with Gasteiger partial charge in [-0.15, -0.1) is 0 Å². The molecule has 1 aromatic carbocycles. The lowest BCUT2D eigenvalue weighted by Crippen LogP contribution is -2.38. The summed E-state index contributed by atoms with van der Waals surface area (Å²) in [5.74, 6) is -0.387. The fraction of sp³-hybridized carbons (Fsp3) is 0.276. The van der Waals surface area contributed by atoms with Gasteiger partial charge in [0.25, 0.3) is 11.8 Å². The van der Waals surface area contributed by atoms with Crippen LogP contribution in [-0.4, -0.2) is 38.0 Å². The number of hydrogen-bond acceptors (Lipinski definition) is 3. The summed E-state index contributed by atoms with van der Waals surface area (Å²) in [4.78, 5) is 31.3. The molecule has 3 aromatic rings. The Bertz CT molecular complexity index is 1340. The van der Waals surface area contributed by atoms with Crippen LogP contribution in [0.3, 0.4) is 0 Å². The summed E-state index contributed by atoms with van der Waals surface area (Å²) in [5, 5.41) is 7.74. The molecule has 186 valence electrons. The number of H-pyrrole nitrogens is 1. The highest BCUT2D eigenvalue weighted by Gasteiger charge is 2.34. The quantitative estimate of drug-likeness (QED) is 0.429. The van der Waals surface area contributed by atoms with Crippen LogP contribution in [0.2, 0.25) is 0 Å². The second-order valence-electron chi connectivity index (χ2n) is 9.39.